The maximum absolute atomic E-state index is 11.0. The largest absolute Gasteiger partial charge is 0.487 e. The normalized spacial score (nSPS) is 10.8. The van der Waals surface area contributed by atoms with Gasteiger partial charge in [-0.1, -0.05) is 41.5 Å². The summed E-state index contributed by atoms with van der Waals surface area (Å²) in [5.74, 6) is 1.70. The predicted molar refractivity (Wildman–Crippen MR) is 204 cm³/mol. The van der Waals surface area contributed by atoms with Gasteiger partial charge in [0.25, 0.3) is 5.69 Å². The minimum atomic E-state index is -0.337. The fourth-order valence-electron chi connectivity index (χ4n) is 5.24. The topological polar surface area (TPSA) is 113 Å². The van der Waals surface area contributed by atoms with Crippen molar-refractivity contribution in [2.75, 3.05) is 5.73 Å². The van der Waals surface area contributed by atoms with Crippen LogP contribution in [0.5, 0.6) is 11.5 Å². The first-order valence-electron chi connectivity index (χ1n) is 16.3. The van der Waals surface area contributed by atoms with Gasteiger partial charge >= 0.3 is 0 Å². The Labute approximate surface area is 301 Å². The van der Waals surface area contributed by atoms with Gasteiger partial charge in [-0.25, -0.2) is 9.97 Å². The molecule has 0 fully saturated rings. The maximum atomic E-state index is 11.0. The summed E-state index contributed by atoms with van der Waals surface area (Å²) in [5.41, 5.74) is 17.5. The predicted octanol–water partition coefficient (Wildman–Crippen LogP) is 9.97. The van der Waals surface area contributed by atoms with Crippen molar-refractivity contribution < 1.29 is 14.4 Å². The van der Waals surface area contributed by atoms with E-state index >= 15 is 0 Å². The molecule has 50 heavy (non-hydrogen) atoms. The highest BCUT2D eigenvalue weighted by molar-refractivity contribution is 7.10. The van der Waals surface area contributed by atoms with Crippen molar-refractivity contribution in [2.45, 2.75) is 67.6 Å². The Morgan fingerprint density at radius 1 is 0.640 bits per heavy atom. The van der Waals surface area contributed by atoms with E-state index in [0.29, 0.717) is 25.2 Å². The Kier molecular flexibility index (Phi) is 12.0. The van der Waals surface area contributed by atoms with Gasteiger partial charge in [0.2, 0.25) is 0 Å². The number of rotatable bonds is 11. The highest BCUT2D eigenvalue weighted by atomic mass is 32.1. The molecular weight excluding hydrogens is 665 g/mol. The lowest BCUT2D eigenvalue weighted by Crippen LogP contribution is -1.99. The van der Waals surface area contributed by atoms with Crippen LogP contribution in [0.15, 0.2) is 83.6 Å². The second-order valence-electron chi connectivity index (χ2n) is 12.5. The highest BCUT2D eigenvalue weighted by Crippen LogP contribution is 2.26. The monoisotopic (exact) mass is 706 g/mol. The highest BCUT2D eigenvalue weighted by Gasteiger charge is 2.15. The molecule has 0 aliphatic rings. The number of nitrogens with zero attached hydrogens (tertiary/aromatic N) is 3. The Balaban J connectivity index is 0.000000195. The number of aromatic nitrogens is 2. The van der Waals surface area contributed by atoms with Crippen LogP contribution >= 0.6 is 22.7 Å². The Bertz CT molecular complexity index is 2070. The van der Waals surface area contributed by atoms with Crippen LogP contribution in [0.2, 0.25) is 0 Å². The molecule has 2 aromatic heterocycles. The number of thiazole rings is 2. The van der Waals surface area contributed by atoms with Crippen molar-refractivity contribution in [3.05, 3.63) is 160 Å². The molecule has 0 atom stereocenters. The van der Waals surface area contributed by atoms with E-state index in [1.807, 2.05) is 86.8 Å². The summed E-state index contributed by atoms with van der Waals surface area (Å²) in [7, 11) is 0. The Morgan fingerprint density at radius 2 is 1.08 bits per heavy atom. The standard InChI is InChI=1S/C20H20N2O3S.C20H22N2OS/c1-13-4-6-18(7-5-13)25-11-17-12-26-20(21-17)10-16-8-15(3)19(22(23)24)9-14(16)2;1-13-4-6-18(7-5-13)23-11-17-12-24-20(22-17)10-16-8-15(3)19(21)9-14(16)2/h4-9,12H,10-11H2,1-3H3;4-9,12H,10-11,21H2,1-3H3. The van der Waals surface area contributed by atoms with Crippen LogP contribution in [-0.4, -0.2) is 14.9 Å². The lowest BCUT2D eigenvalue weighted by atomic mass is 10.0. The molecule has 0 unspecified atom stereocenters. The van der Waals surface area contributed by atoms with E-state index in [9.17, 15) is 10.1 Å². The quantitative estimate of drug-likeness (QED) is 0.0810. The first-order chi connectivity index (χ1) is 23.9. The molecule has 4 aromatic carbocycles. The van der Waals surface area contributed by atoms with Gasteiger partial charge in [0, 0.05) is 40.9 Å². The van der Waals surface area contributed by atoms with E-state index in [4.69, 9.17) is 20.2 Å². The van der Waals surface area contributed by atoms with Crippen LogP contribution in [-0.2, 0) is 26.1 Å². The molecule has 0 amide bonds. The number of benzene rings is 4. The first kappa shape index (κ1) is 36.2. The van der Waals surface area contributed by atoms with Crippen molar-refractivity contribution in [1.29, 1.82) is 0 Å². The molecule has 0 saturated carbocycles. The number of nitrogens with two attached hydrogens (primary N) is 1. The fraction of sp³-hybridized carbons (Fsp3) is 0.250. The van der Waals surface area contributed by atoms with Crippen molar-refractivity contribution in [3.63, 3.8) is 0 Å². The van der Waals surface area contributed by atoms with Crippen LogP contribution in [0.25, 0.3) is 0 Å². The number of aryl methyl sites for hydroxylation is 6. The van der Waals surface area contributed by atoms with Gasteiger partial charge in [-0.3, -0.25) is 10.1 Å². The summed E-state index contributed by atoms with van der Waals surface area (Å²) in [6.07, 6.45) is 1.50. The third kappa shape index (κ3) is 9.99. The number of nitro groups is 1. The molecule has 0 bridgehead atoms. The van der Waals surface area contributed by atoms with Crippen LogP contribution in [0.3, 0.4) is 0 Å². The average Bonchev–Trinajstić information content (AvgIpc) is 3.74. The van der Waals surface area contributed by atoms with Crippen LogP contribution in [0.4, 0.5) is 11.4 Å². The lowest BCUT2D eigenvalue weighted by Gasteiger charge is -2.08. The molecule has 6 rings (SSSR count). The second kappa shape index (κ2) is 16.6. The third-order valence-electron chi connectivity index (χ3n) is 8.27. The number of ether oxygens (including phenoxy) is 2. The SMILES string of the molecule is Cc1ccc(OCc2csc(Cc3cc(C)c(N)cc3C)n2)cc1.Cc1ccc(OCc2csc(Cc3cc(C)c([N+](=O)[O-])cc3C)n2)cc1. The van der Waals surface area contributed by atoms with Gasteiger partial charge in [0.15, 0.2) is 0 Å². The molecule has 0 radical (unpaired) electrons. The zero-order valence-electron chi connectivity index (χ0n) is 29.3. The molecule has 0 saturated heterocycles. The molecule has 0 spiro atoms. The van der Waals surface area contributed by atoms with Crippen LogP contribution in [0, 0.1) is 51.7 Å². The molecule has 2 heterocycles. The number of anilines is 1. The van der Waals surface area contributed by atoms with Gasteiger partial charge in [-0.2, -0.15) is 0 Å². The van der Waals surface area contributed by atoms with E-state index < -0.39 is 0 Å². The van der Waals surface area contributed by atoms with E-state index in [1.54, 1.807) is 35.7 Å². The number of hydrogen-bond acceptors (Lipinski definition) is 9. The van der Waals surface area contributed by atoms with E-state index in [0.717, 1.165) is 61.7 Å². The molecule has 0 aliphatic carbocycles. The molecule has 6 aromatic rings. The van der Waals surface area contributed by atoms with Crippen molar-refractivity contribution >= 4 is 34.0 Å². The van der Waals surface area contributed by atoms with Crippen molar-refractivity contribution in [1.82, 2.24) is 9.97 Å². The molecule has 8 nitrogen and oxygen atoms in total. The molecule has 0 aliphatic heterocycles. The number of nitrogen functional groups attached to an aromatic ring is 1. The summed E-state index contributed by atoms with van der Waals surface area (Å²) >= 11 is 3.26. The molecule has 258 valence electrons. The van der Waals surface area contributed by atoms with E-state index in [-0.39, 0.29) is 10.6 Å². The van der Waals surface area contributed by atoms with Crippen molar-refractivity contribution in [3.8, 4) is 11.5 Å². The number of hydrogen-bond donors (Lipinski definition) is 1. The van der Waals surface area contributed by atoms with E-state index in [2.05, 4.69) is 30.3 Å². The molecule has 10 heteroatoms. The minimum absolute atomic E-state index is 0.164. The van der Waals surface area contributed by atoms with Crippen LogP contribution < -0.4 is 15.2 Å². The van der Waals surface area contributed by atoms with Gasteiger partial charge in [-0.15, -0.1) is 22.7 Å². The van der Waals surface area contributed by atoms with Crippen molar-refractivity contribution in [2.24, 2.45) is 0 Å². The summed E-state index contributed by atoms with van der Waals surface area (Å²) in [6, 6.07) is 23.7. The van der Waals surface area contributed by atoms with Gasteiger partial charge < -0.3 is 15.2 Å². The summed E-state index contributed by atoms with van der Waals surface area (Å²) in [4.78, 5) is 20.0. The van der Waals surface area contributed by atoms with Gasteiger partial charge in [-0.05, 0) is 106 Å². The van der Waals surface area contributed by atoms with E-state index in [1.165, 1.54) is 22.3 Å². The Hall–Kier alpha value is -5.06. The summed E-state index contributed by atoms with van der Waals surface area (Å²) in [5, 5.41) is 17.2. The average molecular weight is 707 g/mol. The fourth-order valence-corrected chi connectivity index (χ4v) is 6.84. The lowest BCUT2D eigenvalue weighted by molar-refractivity contribution is -0.385. The zero-order chi connectivity index (χ0) is 35.8. The summed E-state index contributed by atoms with van der Waals surface area (Å²) < 4.78 is 11.6. The molecular formula is C40H42N4O4S2. The smallest absolute Gasteiger partial charge is 0.272 e. The zero-order valence-corrected chi connectivity index (χ0v) is 30.9. The van der Waals surface area contributed by atoms with Gasteiger partial charge in [0.05, 0.1) is 26.3 Å². The molecule has 2 N–H and O–H groups in total. The first-order valence-corrected chi connectivity index (χ1v) is 18.0. The van der Waals surface area contributed by atoms with Crippen LogP contribution in [0.1, 0.15) is 65.9 Å². The second-order valence-corrected chi connectivity index (χ2v) is 14.4. The van der Waals surface area contributed by atoms with Gasteiger partial charge in [0.1, 0.15) is 24.7 Å². The number of nitro benzene ring substituents is 1. The Morgan fingerprint density at radius 3 is 1.54 bits per heavy atom. The maximum Gasteiger partial charge on any atom is 0.272 e. The summed E-state index contributed by atoms with van der Waals surface area (Å²) in [6.45, 7) is 12.8. The third-order valence-corrected chi connectivity index (χ3v) is 10.1. The minimum Gasteiger partial charge on any atom is -0.487 e.